The molecule has 0 aliphatic heterocycles. The van der Waals surface area contributed by atoms with Crippen molar-refractivity contribution >= 4 is 34.4 Å². The van der Waals surface area contributed by atoms with E-state index in [-0.39, 0.29) is 0 Å². The highest BCUT2D eigenvalue weighted by Gasteiger charge is 2.03. The molecule has 2 heteroatoms. The van der Waals surface area contributed by atoms with E-state index in [0.29, 0.717) is 0 Å². The molecule has 12 heavy (non-hydrogen) atoms. The lowest BCUT2D eigenvalue weighted by molar-refractivity contribution is 1.21. The Hall–Kier alpha value is 0.300. The summed E-state index contributed by atoms with van der Waals surface area (Å²) in [6.45, 7) is 6.59. The SMILES string of the molecule is CCSc1ccc(I)c(C)c1C. The fourth-order valence-electron chi connectivity index (χ4n) is 1.07. The minimum atomic E-state index is 1.15. The molecule has 0 aliphatic rings. The van der Waals surface area contributed by atoms with Crippen molar-refractivity contribution in [1.82, 2.24) is 0 Å². The number of thioether (sulfide) groups is 1. The van der Waals surface area contributed by atoms with Gasteiger partial charge in [0, 0.05) is 8.47 Å². The zero-order chi connectivity index (χ0) is 9.14. The van der Waals surface area contributed by atoms with Crippen molar-refractivity contribution < 1.29 is 0 Å². The maximum Gasteiger partial charge on any atom is 0.0162 e. The number of hydrogen-bond acceptors (Lipinski definition) is 1. The van der Waals surface area contributed by atoms with Crippen molar-refractivity contribution in [3.8, 4) is 0 Å². The molecule has 0 saturated carbocycles. The molecule has 1 rings (SSSR count). The number of hydrogen-bond donors (Lipinski definition) is 0. The predicted octanol–water partition coefficient (Wildman–Crippen LogP) is 4.02. The average Bonchev–Trinajstić information content (AvgIpc) is 2.07. The first kappa shape index (κ1) is 10.4. The van der Waals surface area contributed by atoms with Gasteiger partial charge < -0.3 is 0 Å². The van der Waals surface area contributed by atoms with Crippen LogP contribution in [0.1, 0.15) is 18.1 Å². The van der Waals surface area contributed by atoms with E-state index in [2.05, 4.69) is 55.5 Å². The molecule has 1 aromatic rings. The van der Waals surface area contributed by atoms with Gasteiger partial charge in [-0.3, -0.25) is 0 Å². The summed E-state index contributed by atoms with van der Waals surface area (Å²) in [5, 5.41) is 0. The summed E-state index contributed by atoms with van der Waals surface area (Å²) in [7, 11) is 0. The minimum Gasteiger partial charge on any atom is -0.126 e. The summed E-state index contributed by atoms with van der Waals surface area (Å²) in [6, 6.07) is 4.42. The van der Waals surface area contributed by atoms with E-state index in [1.165, 1.54) is 19.6 Å². The number of benzene rings is 1. The molecule has 0 atom stereocenters. The van der Waals surface area contributed by atoms with Gasteiger partial charge in [0.1, 0.15) is 0 Å². The molecular formula is C10H13IS. The largest absolute Gasteiger partial charge is 0.126 e. The van der Waals surface area contributed by atoms with Crippen LogP contribution in [-0.4, -0.2) is 5.75 Å². The molecule has 0 fully saturated rings. The Kier molecular flexibility index (Phi) is 3.90. The molecule has 0 aromatic heterocycles. The third kappa shape index (κ3) is 2.16. The van der Waals surface area contributed by atoms with Gasteiger partial charge in [-0.2, -0.15) is 0 Å². The molecule has 0 saturated heterocycles. The molecule has 0 bridgehead atoms. The van der Waals surface area contributed by atoms with Crippen LogP contribution in [0.3, 0.4) is 0 Å². The number of halogens is 1. The summed E-state index contributed by atoms with van der Waals surface area (Å²) in [4.78, 5) is 1.43. The van der Waals surface area contributed by atoms with Gasteiger partial charge in [-0.05, 0) is 65.5 Å². The van der Waals surface area contributed by atoms with Crippen molar-refractivity contribution in [1.29, 1.82) is 0 Å². The first-order chi connectivity index (χ1) is 5.66. The molecule has 0 spiro atoms. The molecule has 0 heterocycles. The normalized spacial score (nSPS) is 10.3. The zero-order valence-electron chi connectivity index (χ0n) is 7.65. The second-order valence-electron chi connectivity index (χ2n) is 2.73. The molecule has 0 unspecified atom stereocenters. The molecule has 0 radical (unpaired) electrons. The van der Waals surface area contributed by atoms with Crippen molar-refractivity contribution in [2.75, 3.05) is 5.75 Å². The maximum atomic E-state index is 2.39. The van der Waals surface area contributed by atoms with Crippen LogP contribution in [0.4, 0.5) is 0 Å². The summed E-state index contributed by atoms with van der Waals surface area (Å²) < 4.78 is 1.37. The second kappa shape index (κ2) is 4.51. The Labute approximate surface area is 92.3 Å². The van der Waals surface area contributed by atoms with Gasteiger partial charge in [-0.15, -0.1) is 11.8 Å². The van der Waals surface area contributed by atoms with Crippen molar-refractivity contribution in [2.45, 2.75) is 25.7 Å². The van der Waals surface area contributed by atoms with E-state index >= 15 is 0 Å². The van der Waals surface area contributed by atoms with Crippen LogP contribution in [0.15, 0.2) is 17.0 Å². The Morgan fingerprint density at radius 3 is 2.50 bits per heavy atom. The smallest absolute Gasteiger partial charge is 0.0162 e. The van der Waals surface area contributed by atoms with E-state index in [9.17, 15) is 0 Å². The first-order valence-corrected chi connectivity index (χ1v) is 6.11. The van der Waals surface area contributed by atoms with Gasteiger partial charge >= 0.3 is 0 Å². The van der Waals surface area contributed by atoms with Crippen LogP contribution in [0.25, 0.3) is 0 Å². The van der Waals surface area contributed by atoms with Crippen LogP contribution in [0, 0.1) is 17.4 Å². The Balaban J connectivity index is 3.08. The average molecular weight is 292 g/mol. The second-order valence-corrected chi connectivity index (χ2v) is 5.20. The van der Waals surface area contributed by atoms with Gasteiger partial charge in [0.05, 0.1) is 0 Å². The highest BCUT2D eigenvalue weighted by atomic mass is 127. The summed E-state index contributed by atoms with van der Waals surface area (Å²) in [5.74, 6) is 1.15. The van der Waals surface area contributed by atoms with E-state index in [1.807, 2.05) is 11.8 Å². The van der Waals surface area contributed by atoms with Gasteiger partial charge in [-0.1, -0.05) is 6.92 Å². The summed E-state index contributed by atoms with van der Waals surface area (Å²) >= 11 is 4.31. The zero-order valence-corrected chi connectivity index (χ0v) is 10.6. The van der Waals surface area contributed by atoms with Crippen LogP contribution < -0.4 is 0 Å². The lowest BCUT2D eigenvalue weighted by atomic mass is 10.1. The molecule has 0 amide bonds. The highest BCUT2D eigenvalue weighted by molar-refractivity contribution is 14.1. The minimum absolute atomic E-state index is 1.15. The lowest BCUT2D eigenvalue weighted by Crippen LogP contribution is -1.88. The standard InChI is InChI=1S/C10H13IS/c1-4-12-10-6-5-9(11)7(2)8(10)3/h5-6H,4H2,1-3H3. The molecule has 0 aliphatic carbocycles. The van der Waals surface area contributed by atoms with Crippen LogP contribution in [-0.2, 0) is 0 Å². The van der Waals surface area contributed by atoms with Crippen molar-refractivity contribution in [3.63, 3.8) is 0 Å². The monoisotopic (exact) mass is 292 g/mol. The van der Waals surface area contributed by atoms with Gasteiger partial charge in [0.2, 0.25) is 0 Å². The highest BCUT2D eigenvalue weighted by Crippen LogP contribution is 2.27. The lowest BCUT2D eigenvalue weighted by Gasteiger charge is -2.08. The summed E-state index contributed by atoms with van der Waals surface area (Å²) in [5.41, 5.74) is 2.86. The third-order valence-corrected chi connectivity index (χ3v) is 4.18. The Bertz CT molecular complexity index is 281. The first-order valence-electron chi connectivity index (χ1n) is 4.05. The topological polar surface area (TPSA) is 0 Å². The number of rotatable bonds is 2. The maximum absolute atomic E-state index is 2.39. The van der Waals surface area contributed by atoms with Crippen molar-refractivity contribution in [2.24, 2.45) is 0 Å². The van der Waals surface area contributed by atoms with E-state index < -0.39 is 0 Å². The van der Waals surface area contributed by atoms with Gasteiger partial charge in [-0.25, -0.2) is 0 Å². The van der Waals surface area contributed by atoms with Crippen LogP contribution in [0.5, 0.6) is 0 Å². The Morgan fingerprint density at radius 2 is 1.92 bits per heavy atom. The van der Waals surface area contributed by atoms with Gasteiger partial charge in [0.15, 0.2) is 0 Å². The fourth-order valence-corrected chi connectivity index (χ4v) is 2.50. The molecule has 0 N–H and O–H groups in total. The Morgan fingerprint density at radius 1 is 1.25 bits per heavy atom. The summed E-state index contributed by atoms with van der Waals surface area (Å²) in [6.07, 6.45) is 0. The fraction of sp³-hybridized carbons (Fsp3) is 0.400. The molecular weight excluding hydrogens is 279 g/mol. The van der Waals surface area contributed by atoms with Gasteiger partial charge in [0.25, 0.3) is 0 Å². The van der Waals surface area contributed by atoms with E-state index in [0.717, 1.165) is 5.75 Å². The molecule has 66 valence electrons. The van der Waals surface area contributed by atoms with Crippen molar-refractivity contribution in [3.05, 3.63) is 26.8 Å². The molecule has 0 nitrogen and oxygen atoms in total. The third-order valence-electron chi connectivity index (χ3n) is 1.97. The van der Waals surface area contributed by atoms with Crippen LogP contribution >= 0.6 is 34.4 Å². The predicted molar refractivity (Wildman–Crippen MR) is 65.0 cm³/mol. The molecule has 1 aromatic carbocycles. The quantitative estimate of drug-likeness (QED) is 0.586. The van der Waals surface area contributed by atoms with E-state index in [1.54, 1.807) is 0 Å². The van der Waals surface area contributed by atoms with Crippen LogP contribution in [0.2, 0.25) is 0 Å². The van der Waals surface area contributed by atoms with E-state index in [4.69, 9.17) is 0 Å².